The van der Waals surface area contributed by atoms with E-state index < -0.39 is 12.0 Å². The maximum Gasteiger partial charge on any atom is 0.326 e. The number of aliphatic hydroxyl groups is 1. The fraction of sp³-hybridized carbons (Fsp3) is 0.750. The van der Waals surface area contributed by atoms with Crippen molar-refractivity contribution in [3.8, 4) is 0 Å². The summed E-state index contributed by atoms with van der Waals surface area (Å²) in [6.07, 6.45) is 0.413. The lowest BCUT2D eigenvalue weighted by atomic mass is 10.2. The lowest BCUT2D eigenvalue weighted by Gasteiger charge is -2.23. The number of hydrogen-bond acceptors (Lipinski definition) is 3. The van der Waals surface area contributed by atoms with Gasteiger partial charge in [-0.2, -0.15) is 0 Å². The van der Waals surface area contributed by atoms with Gasteiger partial charge in [-0.25, -0.2) is 4.79 Å². The van der Waals surface area contributed by atoms with Gasteiger partial charge in [0.15, 0.2) is 0 Å². The zero-order valence-corrected chi connectivity index (χ0v) is 9.11. The molecule has 0 aliphatic carbocycles. The highest BCUT2D eigenvalue weighted by molar-refractivity contribution is 9.09. The van der Waals surface area contributed by atoms with Crippen molar-refractivity contribution in [1.82, 2.24) is 4.90 Å². The lowest BCUT2D eigenvalue weighted by molar-refractivity contribution is -0.148. The van der Waals surface area contributed by atoms with Gasteiger partial charge in [0, 0.05) is 30.8 Å². The number of aliphatic hydroxyl groups excluding tert-OH is 1. The number of carboxylic acid groups (broad SMARTS) is 1. The Labute approximate surface area is 89.8 Å². The molecule has 1 aliphatic rings. The number of halogens is 1. The number of likely N-dealkylation sites (tertiary alicyclic amines) is 1. The molecule has 2 N–H and O–H groups in total. The molecular weight excluding hydrogens is 254 g/mol. The Morgan fingerprint density at radius 3 is 2.71 bits per heavy atom. The van der Waals surface area contributed by atoms with Crippen LogP contribution in [0.15, 0.2) is 0 Å². The quantitative estimate of drug-likeness (QED) is 0.692. The van der Waals surface area contributed by atoms with E-state index in [1.54, 1.807) is 0 Å². The molecule has 0 radical (unpaired) electrons. The number of amides is 1. The molecule has 1 aliphatic heterocycles. The SMILES string of the molecule is O=C(O)C(CCO)N1CC(Br)CC1=O. The zero-order chi connectivity index (χ0) is 10.7. The predicted molar refractivity (Wildman–Crippen MR) is 52.2 cm³/mol. The second kappa shape index (κ2) is 4.75. The minimum atomic E-state index is -1.06. The summed E-state index contributed by atoms with van der Waals surface area (Å²) in [7, 11) is 0. The Bertz CT molecular complexity index is 245. The van der Waals surface area contributed by atoms with Crippen LogP contribution in [0.5, 0.6) is 0 Å². The third kappa shape index (κ3) is 2.45. The van der Waals surface area contributed by atoms with E-state index in [1.165, 1.54) is 4.90 Å². The molecule has 0 aromatic rings. The van der Waals surface area contributed by atoms with Crippen molar-refractivity contribution in [2.75, 3.05) is 13.2 Å². The first-order valence-corrected chi connectivity index (χ1v) is 5.25. The molecule has 1 fully saturated rings. The smallest absolute Gasteiger partial charge is 0.326 e. The summed E-state index contributed by atoms with van der Waals surface area (Å²) in [4.78, 5) is 23.5. The summed E-state index contributed by atoms with van der Waals surface area (Å²) in [5.41, 5.74) is 0. The monoisotopic (exact) mass is 265 g/mol. The average Bonchev–Trinajstić information content (AvgIpc) is 2.40. The van der Waals surface area contributed by atoms with Gasteiger partial charge in [-0.15, -0.1) is 0 Å². The molecule has 0 bridgehead atoms. The van der Waals surface area contributed by atoms with Crippen LogP contribution >= 0.6 is 15.9 Å². The minimum Gasteiger partial charge on any atom is -0.480 e. The van der Waals surface area contributed by atoms with Gasteiger partial charge in [0.1, 0.15) is 6.04 Å². The Hall–Kier alpha value is -0.620. The Balaban J connectivity index is 2.68. The molecular formula is C8H12BrNO4. The van der Waals surface area contributed by atoms with Crippen LogP contribution in [-0.2, 0) is 9.59 Å². The first-order valence-electron chi connectivity index (χ1n) is 4.33. The third-order valence-corrected chi connectivity index (χ3v) is 2.79. The maximum atomic E-state index is 11.4. The van der Waals surface area contributed by atoms with E-state index in [-0.39, 0.29) is 23.8 Å². The largest absolute Gasteiger partial charge is 0.480 e. The van der Waals surface area contributed by atoms with Crippen molar-refractivity contribution in [3.63, 3.8) is 0 Å². The number of carbonyl (C=O) groups excluding carboxylic acids is 1. The fourth-order valence-electron chi connectivity index (χ4n) is 1.52. The summed E-state index contributed by atoms with van der Waals surface area (Å²) in [6.45, 7) is 0.170. The molecule has 1 heterocycles. The molecule has 2 atom stereocenters. The first kappa shape index (κ1) is 11.5. The Kier molecular flexibility index (Phi) is 3.88. The number of aliphatic carboxylic acids is 1. The summed E-state index contributed by atoms with van der Waals surface area (Å²) in [5.74, 6) is -1.23. The van der Waals surface area contributed by atoms with E-state index in [9.17, 15) is 9.59 Å². The second-order valence-corrected chi connectivity index (χ2v) is 4.51. The van der Waals surface area contributed by atoms with Crippen molar-refractivity contribution in [1.29, 1.82) is 0 Å². The molecule has 0 aromatic carbocycles. The van der Waals surface area contributed by atoms with Crippen molar-refractivity contribution < 1.29 is 19.8 Å². The number of rotatable bonds is 4. The van der Waals surface area contributed by atoms with Gasteiger partial charge in [-0.05, 0) is 0 Å². The van der Waals surface area contributed by atoms with Gasteiger partial charge in [0.2, 0.25) is 5.91 Å². The number of hydrogen-bond donors (Lipinski definition) is 2. The highest BCUT2D eigenvalue weighted by Gasteiger charge is 2.36. The van der Waals surface area contributed by atoms with Crippen LogP contribution in [0.3, 0.4) is 0 Å². The number of carboxylic acids is 1. The molecule has 0 spiro atoms. The highest BCUT2D eigenvalue weighted by Crippen LogP contribution is 2.21. The third-order valence-electron chi connectivity index (χ3n) is 2.18. The fourth-order valence-corrected chi connectivity index (χ4v) is 2.11. The van der Waals surface area contributed by atoms with E-state index in [1.807, 2.05) is 0 Å². The van der Waals surface area contributed by atoms with Crippen LogP contribution in [-0.4, -0.2) is 51.0 Å². The standard InChI is InChI=1S/C8H12BrNO4/c9-5-3-7(12)10(4-5)6(1-2-11)8(13)14/h5-6,11H,1-4H2,(H,13,14). The molecule has 1 rings (SSSR count). The molecule has 80 valence electrons. The minimum absolute atomic E-state index is 0.0237. The summed E-state index contributed by atoms with van der Waals surface area (Å²) < 4.78 is 0. The van der Waals surface area contributed by atoms with E-state index in [4.69, 9.17) is 10.2 Å². The van der Waals surface area contributed by atoms with Crippen molar-refractivity contribution in [2.24, 2.45) is 0 Å². The molecule has 5 nitrogen and oxygen atoms in total. The van der Waals surface area contributed by atoms with Crippen molar-refractivity contribution >= 4 is 27.8 Å². The van der Waals surface area contributed by atoms with Gasteiger partial charge in [-0.3, -0.25) is 4.79 Å². The van der Waals surface area contributed by atoms with E-state index in [0.29, 0.717) is 13.0 Å². The Morgan fingerprint density at radius 2 is 2.36 bits per heavy atom. The van der Waals surface area contributed by atoms with Gasteiger partial charge >= 0.3 is 5.97 Å². The van der Waals surface area contributed by atoms with Gasteiger partial charge in [0.25, 0.3) is 0 Å². The van der Waals surface area contributed by atoms with Gasteiger partial charge < -0.3 is 15.1 Å². The number of alkyl halides is 1. The highest BCUT2D eigenvalue weighted by atomic mass is 79.9. The second-order valence-electron chi connectivity index (χ2n) is 3.21. The van der Waals surface area contributed by atoms with Crippen LogP contribution < -0.4 is 0 Å². The summed E-state index contributed by atoms with van der Waals surface area (Å²) in [6, 6.07) is -0.893. The van der Waals surface area contributed by atoms with Crippen LogP contribution in [0.1, 0.15) is 12.8 Å². The number of nitrogens with zero attached hydrogens (tertiary/aromatic N) is 1. The zero-order valence-electron chi connectivity index (χ0n) is 7.52. The van der Waals surface area contributed by atoms with E-state index in [0.717, 1.165) is 0 Å². The van der Waals surface area contributed by atoms with Crippen LogP contribution in [0.4, 0.5) is 0 Å². The Morgan fingerprint density at radius 1 is 1.71 bits per heavy atom. The molecule has 1 amide bonds. The molecule has 1 saturated heterocycles. The van der Waals surface area contributed by atoms with Crippen LogP contribution in [0.25, 0.3) is 0 Å². The van der Waals surface area contributed by atoms with Gasteiger partial charge in [0.05, 0.1) is 0 Å². The normalized spacial score (nSPS) is 24.0. The van der Waals surface area contributed by atoms with Crippen molar-refractivity contribution in [3.05, 3.63) is 0 Å². The first-order chi connectivity index (χ1) is 6.56. The van der Waals surface area contributed by atoms with E-state index >= 15 is 0 Å². The predicted octanol–water partition coefficient (Wildman–Crippen LogP) is -0.182. The number of carbonyl (C=O) groups is 2. The van der Waals surface area contributed by atoms with Crippen molar-refractivity contribution in [2.45, 2.75) is 23.7 Å². The summed E-state index contributed by atoms with van der Waals surface area (Å²) >= 11 is 3.27. The van der Waals surface area contributed by atoms with E-state index in [2.05, 4.69) is 15.9 Å². The molecule has 6 heteroatoms. The van der Waals surface area contributed by atoms with Crippen LogP contribution in [0, 0.1) is 0 Å². The molecule has 0 aromatic heterocycles. The molecule has 14 heavy (non-hydrogen) atoms. The molecule has 2 unspecified atom stereocenters. The summed E-state index contributed by atoms with van der Waals surface area (Å²) in [5, 5.41) is 17.5. The maximum absolute atomic E-state index is 11.4. The van der Waals surface area contributed by atoms with Gasteiger partial charge in [-0.1, -0.05) is 15.9 Å². The topological polar surface area (TPSA) is 77.8 Å². The molecule has 0 saturated carbocycles. The average molecular weight is 266 g/mol. The lowest BCUT2D eigenvalue weighted by Crippen LogP contribution is -2.42. The van der Waals surface area contributed by atoms with Crippen LogP contribution in [0.2, 0.25) is 0 Å².